The van der Waals surface area contributed by atoms with Gasteiger partial charge in [-0.2, -0.15) is 0 Å². The summed E-state index contributed by atoms with van der Waals surface area (Å²) >= 11 is 3.34. The van der Waals surface area contributed by atoms with Crippen LogP contribution >= 0.6 is 15.9 Å². The van der Waals surface area contributed by atoms with Gasteiger partial charge in [-0.1, -0.05) is 15.9 Å². The van der Waals surface area contributed by atoms with Crippen LogP contribution in [0.5, 0.6) is 0 Å². The Bertz CT molecular complexity index is 533. The highest BCUT2D eigenvalue weighted by atomic mass is 79.9. The number of aromatic nitrogens is 2. The summed E-state index contributed by atoms with van der Waals surface area (Å²) in [5, 5.41) is 8.72. The predicted octanol–water partition coefficient (Wildman–Crippen LogP) is 2.26. The van der Waals surface area contributed by atoms with Gasteiger partial charge in [0.15, 0.2) is 0 Å². The molecule has 1 aromatic heterocycles. The molecule has 0 aliphatic carbocycles. The van der Waals surface area contributed by atoms with Gasteiger partial charge in [0.25, 0.3) is 0 Å². The molecule has 0 bridgehead atoms. The van der Waals surface area contributed by atoms with Gasteiger partial charge in [-0.05, 0) is 24.6 Å². The Balaban J connectivity index is 2.55. The van der Waals surface area contributed by atoms with Crippen molar-refractivity contribution >= 4 is 32.9 Å². The van der Waals surface area contributed by atoms with Crippen molar-refractivity contribution in [3.05, 3.63) is 28.0 Å². The van der Waals surface area contributed by atoms with Crippen LogP contribution in [0.2, 0.25) is 0 Å². The number of carboxylic acid groups (broad SMARTS) is 1. The van der Waals surface area contributed by atoms with Crippen molar-refractivity contribution in [2.45, 2.75) is 13.3 Å². The molecule has 2 aromatic rings. The molecular weight excluding hydrogens is 260 g/mol. The molecule has 78 valence electrons. The minimum absolute atomic E-state index is 0.00852. The van der Waals surface area contributed by atoms with Crippen LogP contribution in [-0.2, 0) is 11.2 Å². The van der Waals surface area contributed by atoms with Crippen molar-refractivity contribution in [1.82, 2.24) is 9.97 Å². The van der Waals surface area contributed by atoms with Crippen LogP contribution in [0.3, 0.4) is 0 Å². The average molecular weight is 269 g/mol. The van der Waals surface area contributed by atoms with Crippen LogP contribution in [0.4, 0.5) is 0 Å². The van der Waals surface area contributed by atoms with Gasteiger partial charge in [0.05, 0.1) is 17.5 Å². The molecule has 0 radical (unpaired) electrons. The zero-order valence-corrected chi connectivity index (χ0v) is 9.63. The summed E-state index contributed by atoms with van der Waals surface area (Å²) in [5.74, 6) is -0.0179. The second kappa shape index (κ2) is 3.66. The topological polar surface area (TPSA) is 66.0 Å². The van der Waals surface area contributed by atoms with E-state index in [0.29, 0.717) is 0 Å². The summed E-state index contributed by atoms with van der Waals surface area (Å²) in [6.07, 6.45) is 0.00852. The van der Waals surface area contributed by atoms with E-state index in [2.05, 4.69) is 25.9 Å². The van der Waals surface area contributed by atoms with E-state index in [9.17, 15) is 4.79 Å². The Kier molecular flexibility index (Phi) is 2.48. The van der Waals surface area contributed by atoms with Crippen molar-refractivity contribution < 1.29 is 9.90 Å². The highest BCUT2D eigenvalue weighted by Crippen LogP contribution is 2.23. The maximum atomic E-state index is 10.6. The summed E-state index contributed by atoms with van der Waals surface area (Å²) < 4.78 is 0.781. The van der Waals surface area contributed by atoms with E-state index < -0.39 is 5.97 Å². The Hall–Kier alpha value is -1.36. The fourth-order valence-electron chi connectivity index (χ4n) is 1.50. The molecule has 0 amide bonds. The molecule has 1 aromatic carbocycles. The number of carboxylic acids is 1. The van der Waals surface area contributed by atoms with Crippen LogP contribution in [0, 0.1) is 6.92 Å². The molecule has 2 N–H and O–H groups in total. The number of carbonyl (C=O) groups is 1. The molecule has 0 unspecified atom stereocenters. The molecular formula is C10H9BrN2O2. The van der Waals surface area contributed by atoms with E-state index in [0.717, 1.165) is 26.9 Å². The Morgan fingerprint density at radius 1 is 1.60 bits per heavy atom. The second-order valence-corrected chi connectivity index (χ2v) is 4.21. The summed E-state index contributed by atoms with van der Waals surface area (Å²) in [6, 6.07) is 3.64. The van der Waals surface area contributed by atoms with Crippen LogP contribution in [0.1, 0.15) is 11.4 Å². The Morgan fingerprint density at radius 2 is 2.33 bits per heavy atom. The summed E-state index contributed by atoms with van der Waals surface area (Å²) in [7, 11) is 0. The first-order chi connectivity index (χ1) is 7.06. The van der Waals surface area contributed by atoms with Gasteiger partial charge in [0.2, 0.25) is 0 Å². The first-order valence-electron chi connectivity index (χ1n) is 4.43. The van der Waals surface area contributed by atoms with Gasteiger partial charge in [0, 0.05) is 4.47 Å². The van der Waals surface area contributed by atoms with E-state index in [1.807, 2.05) is 19.1 Å². The van der Waals surface area contributed by atoms with Crippen molar-refractivity contribution in [3.8, 4) is 0 Å². The number of halogens is 1. The fraction of sp³-hybridized carbons (Fsp3) is 0.200. The lowest BCUT2D eigenvalue weighted by Crippen LogP contribution is -2.00. The lowest BCUT2D eigenvalue weighted by atomic mass is 10.1. The van der Waals surface area contributed by atoms with E-state index in [-0.39, 0.29) is 6.42 Å². The number of imidazole rings is 1. The molecule has 0 aliphatic heterocycles. The number of aromatic amines is 1. The first-order valence-corrected chi connectivity index (χ1v) is 5.22. The number of nitrogens with one attached hydrogen (secondary N) is 1. The van der Waals surface area contributed by atoms with Gasteiger partial charge in [-0.25, -0.2) is 4.98 Å². The summed E-state index contributed by atoms with van der Waals surface area (Å²) in [6.45, 7) is 1.87. The van der Waals surface area contributed by atoms with Gasteiger partial charge >= 0.3 is 5.97 Å². The number of benzene rings is 1. The van der Waals surface area contributed by atoms with Gasteiger partial charge in [0.1, 0.15) is 5.82 Å². The van der Waals surface area contributed by atoms with Crippen LogP contribution < -0.4 is 0 Å². The highest BCUT2D eigenvalue weighted by Gasteiger charge is 2.08. The van der Waals surface area contributed by atoms with Crippen LogP contribution in [0.15, 0.2) is 16.6 Å². The van der Waals surface area contributed by atoms with Gasteiger partial charge in [-0.15, -0.1) is 0 Å². The number of rotatable bonds is 2. The highest BCUT2D eigenvalue weighted by molar-refractivity contribution is 9.10. The number of H-pyrrole nitrogens is 1. The fourth-order valence-corrected chi connectivity index (χ4v) is 1.97. The lowest BCUT2D eigenvalue weighted by Gasteiger charge is -2.00. The number of nitrogens with zero attached hydrogens (tertiary/aromatic N) is 1. The minimum atomic E-state index is -0.841. The smallest absolute Gasteiger partial charge is 0.307 e. The zero-order chi connectivity index (χ0) is 11.0. The summed E-state index contributed by atoms with van der Waals surface area (Å²) in [4.78, 5) is 18.0. The largest absolute Gasteiger partial charge is 0.481 e. The minimum Gasteiger partial charge on any atom is -0.481 e. The molecule has 0 spiro atoms. The molecule has 0 saturated carbocycles. The molecule has 2 rings (SSSR count). The zero-order valence-electron chi connectivity index (χ0n) is 8.04. The van der Waals surface area contributed by atoms with Crippen molar-refractivity contribution in [1.29, 1.82) is 0 Å². The monoisotopic (exact) mass is 268 g/mol. The van der Waals surface area contributed by atoms with E-state index >= 15 is 0 Å². The SMILES string of the molecule is Cc1nc2cc(Br)c(CC(=O)O)cc2[nH]1. The molecule has 5 heteroatoms. The molecule has 0 atom stereocenters. The molecule has 4 nitrogen and oxygen atoms in total. The second-order valence-electron chi connectivity index (χ2n) is 3.35. The predicted molar refractivity (Wildman–Crippen MR) is 59.9 cm³/mol. The van der Waals surface area contributed by atoms with E-state index in [1.54, 1.807) is 0 Å². The molecule has 15 heavy (non-hydrogen) atoms. The van der Waals surface area contributed by atoms with E-state index in [1.165, 1.54) is 0 Å². The van der Waals surface area contributed by atoms with Crippen molar-refractivity contribution in [2.75, 3.05) is 0 Å². The molecule has 0 fully saturated rings. The third kappa shape index (κ3) is 2.02. The number of fused-ring (bicyclic) bond motifs is 1. The standard InChI is InChI=1S/C10H9BrN2O2/c1-5-12-8-2-6(3-10(14)15)7(11)4-9(8)13-5/h2,4H,3H2,1H3,(H,12,13)(H,14,15). The number of hydrogen-bond acceptors (Lipinski definition) is 2. The first kappa shape index (κ1) is 10.2. The molecule has 1 heterocycles. The quantitative estimate of drug-likeness (QED) is 0.878. The van der Waals surface area contributed by atoms with Crippen molar-refractivity contribution in [2.24, 2.45) is 0 Å². The number of aliphatic carboxylic acids is 1. The molecule has 0 aliphatic rings. The maximum absolute atomic E-state index is 10.6. The maximum Gasteiger partial charge on any atom is 0.307 e. The third-order valence-corrected chi connectivity index (χ3v) is 2.85. The Labute approximate surface area is 94.5 Å². The van der Waals surface area contributed by atoms with Gasteiger partial charge < -0.3 is 10.1 Å². The molecule has 0 saturated heterocycles. The third-order valence-electron chi connectivity index (χ3n) is 2.11. The normalized spacial score (nSPS) is 10.8. The van der Waals surface area contributed by atoms with Crippen LogP contribution in [-0.4, -0.2) is 21.0 Å². The van der Waals surface area contributed by atoms with E-state index in [4.69, 9.17) is 5.11 Å². The Morgan fingerprint density at radius 3 is 3.00 bits per heavy atom. The number of aryl methyl sites for hydroxylation is 1. The average Bonchev–Trinajstić information content (AvgIpc) is 2.44. The number of hydrogen-bond donors (Lipinski definition) is 2. The van der Waals surface area contributed by atoms with Gasteiger partial charge in [-0.3, -0.25) is 4.79 Å². The van der Waals surface area contributed by atoms with Crippen molar-refractivity contribution in [3.63, 3.8) is 0 Å². The summed E-state index contributed by atoms with van der Waals surface area (Å²) in [5.41, 5.74) is 2.46. The van der Waals surface area contributed by atoms with Crippen LogP contribution in [0.25, 0.3) is 11.0 Å². The lowest BCUT2D eigenvalue weighted by molar-refractivity contribution is -0.136.